The third-order valence-electron chi connectivity index (χ3n) is 2.98. The summed E-state index contributed by atoms with van der Waals surface area (Å²) in [4.78, 5) is 2.67. The van der Waals surface area contributed by atoms with Crippen LogP contribution in [0.15, 0.2) is 30.3 Å². The van der Waals surface area contributed by atoms with Gasteiger partial charge in [-0.3, -0.25) is 0 Å². The molecule has 0 spiro atoms. The van der Waals surface area contributed by atoms with Crippen molar-refractivity contribution in [3.8, 4) is 0 Å². The van der Waals surface area contributed by atoms with Gasteiger partial charge in [0.25, 0.3) is 0 Å². The fourth-order valence-electron chi connectivity index (χ4n) is 1.94. The molecule has 1 heterocycles. The van der Waals surface area contributed by atoms with Crippen LogP contribution in [0.4, 0.5) is 4.39 Å². The minimum absolute atomic E-state index is 0.181. The maximum atomic E-state index is 13.7. The predicted molar refractivity (Wildman–Crippen MR) is 80.5 cm³/mol. The summed E-state index contributed by atoms with van der Waals surface area (Å²) < 4.78 is 13.7. The quantitative estimate of drug-likeness (QED) is 0.852. The molecule has 1 unspecified atom stereocenters. The number of nitrogens with one attached hydrogen (secondary N) is 1. The van der Waals surface area contributed by atoms with Crippen molar-refractivity contribution in [1.82, 2.24) is 5.32 Å². The van der Waals surface area contributed by atoms with Crippen molar-refractivity contribution in [3.63, 3.8) is 0 Å². The lowest BCUT2D eigenvalue weighted by Gasteiger charge is -2.13. The molecular formula is C15H17ClFNS. The van der Waals surface area contributed by atoms with E-state index in [0.29, 0.717) is 18.2 Å². The van der Waals surface area contributed by atoms with Crippen LogP contribution in [-0.4, -0.2) is 6.04 Å². The summed E-state index contributed by atoms with van der Waals surface area (Å²) in [6, 6.07) is 9.68. The van der Waals surface area contributed by atoms with Crippen molar-refractivity contribution < 1.29 is 4.39 Å². The van der Waals surface area contributed by atoms with Crippen molar-refractivity contribution >= 4 is 22.9 Å². The van der Waals surface area contributed by atoms with Gasteiger partial charge in [0.05, 0.1) is 5.02 Å². The largest absolute Gasteiger partial charge is 0.310 e. The number of rotatable bonds is 5. The number of hydrogen-bond acceptors (Lipinski definition) is 2. The zero-order chi connectivity index (χ0) is 13.8. The van der Waals surface area contributed by atoms with E-state index >= 15 is 0 Å². The monoisotopic (exact) mass is 297 g/mol. The van der Waals surface area contributed by atoms with E-state index in [1.54, 1.807) is 18.2 Å². The molecular weight excluding hydrogens is 281 g/mol. The standard InChI is InChI=1S/C15H17ClFNS/c1-10(8-13-7-6-11(2)19-13)18-9-12-4-3-5-14(16)15(12)17/h3-7,10,18H,8-9H2,1-2H3. The second-order valence-electron chi connectivity index (χ2n) is 4.71. The summed E-state index contributed by atoms with van der Waals surface area (Å²) in [6.07, 6.45) is 0.959. The molecule has 0 saturated heterocycles. The lowest BCUT2D eigenvalue weighted by molar-refractivity contribution is 0.528. The first-order valence-electron chi connectivity index (χ1n) is 6.28. The van der Waals surface area contributed by atoms with Crippen molar-refractivity contribution in [2.45, 2.75) is 32.9 Å². The van der Waals surface area contributed by atoms with Gasteiger partial charge >= 0.3 is 0 Å². The average Bonchev–Trinajstić information content (AvgIpc) is 2.76. The molecule has 19 heavy (non-hydrogen) atoms. The molecule has 1 N–H and O–H groups in total. The van der Waals surface area contributed by atoms with Crippen LogP contribution in [-0.2, 0) is 13.0 Å². The Hall–Kier alpha value is -0.900. The summed E-state index contributed by atoms with van der Waals surface area (Å²) in [5, 5.41) is 3.51. The van der Waals surface area contributed by atoms with Gasteiger partial charge in [0.1, 0.15) is 5.82 Å². The first-order valence-corrected chi connectivity index (χ1v) is 7.47. The third-order valence-corrected chi connectivity index (χ3v) is 4.29. The van der Waals surface area contributed by atoms with Crippen LogP contribution in [0.2, 0.25) is 5.02 Å². The first kappa shape index (κ1) is 14.5. The number of thiophene rings is 1. The molecule has 0 amide bonds. The Kier molecular flexibility index (Phi) is 4.97. The zero-order valence-electron chi connectivity index (χ0n) is 11.0. The third kappa shape index (κ3) is 4.03. The minimum Gasteiger partial charge on any atom is -0.310 e. The molecule has 1 nitrogen and oxygen atoms in total. The van der Waals surface area contributed by atoms with Gasteiger partial charge in [-0.05, 0) is 38.5 Å². The van der Waals surface area contributed by atoms with Crippen LogP contribution in [0.1, 0.15) is 22.2 Å². The Balaban J connectivity index is 1.89. The highest BCUT2D eigenvalue weighted by Crippen LogP contribution is 2.19. The van der Waals surface area contributed by atoms with E-state index in [2.05, 4.69) is 31.3 Å². The fraction of sp³-hybridized carbons (Fsp3) is 0.333. The Labute approximate surface area is 122 Å². The molecule has 0 aliphatic heterocycles. The molecule has 1 aromatic carbocycles. The van der Waals surface area contributed by atoms with E-state index in [1.165, 1.54) is 9.75 Å². The minimum atomic E-state index is -0.323. The van der Waals surface area contributed by atoms with Gasteiger partial charge in [-0.2, -0.15) is 0 Å². The normalized spacial score (nSPS) is 12.6. The Morgan fingerprint density at radius 3 is 2.79 bits per heavy atom. The van der Waals surface area contributed by atoms with Gasteiger partial charge in [-0.15, -0.1) is 11.3 Å². The van der Waals surface area contributed by atoms with Gasteiger partial charge in [-0.25, -0.2) is 4.39 Å². The average molecular weight is 298 g/mol. The van der Waals surface area contributed by atoms with Crippen molar-refractivity contribution in [1.29, 1.82) is 0 Å². The van der Waals surface area contributed by atoms with E-state index in [4.69, 9.17) is 11.6 Å². The number of hydrogen-bond donors (Lipinski definition) is 1. The molecule has 0 fully saturated rings. The van der Waals surface area contributed by atoms with E-state index in [9.17, 15) is 4.39 Å². The summed E-state index contributed by atoms with van der Waals surface area (Å²) in [7, 11) is 0. The van der Waals surface area contributed by atoms with Crippen LogP contribution in [0.3, 0.4) is 0 Å². The predicted octanol–water partition coefficient (Wildman–Crippen LogP) is 4.57. The van der Waals surface area contributed by atoms with Crippen LogP contribution < -0.4 is 5.32 Å². The Morgan fingerprint density at radius 2 is 2.11 bits per heavy atom. The molecule has 0 aliphatic rings. The molecule has 0 radical (unpaired) electrons. The van der Waals surface area contributed by atoms with Crippen molar-refractivity contribution in [2.75, 3.05) is 0 Å². The van der Waals surface area contributed by atoms with Crippen LogP contribution in [0.25, 0.3) is 0 Å². The van der Waals surface area contributed by atoms with Gasteiger partial charge in [0.15, 0.2) is 0 Å². The first-order chi connectivity index (χ1) is 9.06. The highest BCUT2D eigenvalue weighted by Gasteiger charge is 2.09. The number of benzene rings is 1. The highest BCUT2D eigenvalue weighted by atomic mass is 35.5. The number of halogens is 2. The summed E-state index contributed by atoms with van der Waals surface area (Å²) >= 11 is 7.57. The second kappa shape index (κ2) is 6.51. The Bertz CT molecular complexity index is 553. The topological polar surface area (TPSA) is 12.0 Å². The van der Waals surface area contributed by atoms with Gasteiger partial charge in [0.2, 0.25) is 0 Å². The zero-order valence-corrected chi connectivity index (χ0v) is 12.6. The van der Waals surface area contributed by atoms with Gasteiger partial charge in [-0.1, -0.05) is 23.7 Å². The summed E-state index contributed by atoms with van der Waals surface area (Å²) in [6.45, 7) is 4.71. The second-order valence-corrected chi connectivity index (χ2v) is 6.49. The SMILES string of the molecule is Cc1ccc(CC(C)NCc2cccc(Cl)c2F)s1. The fourth-order valence-corrected chi connectivity index (χ4v) is 3.15. The molecule has 4 heteroatoms. The van der Waals surface area contributed by atoms with Crippen LogP contribution in [0.5, 0.6) is 0 Å². The molecule has 1 atom stereocenters. The lowest BCUT2D eigenvalue weighted by Crippen LogP contribution is -2.27. The number of aryl methyl sites for hydroxylation is 1. The van der Waals surface area contributed by atoms with E-state index in [0.717, 1.165) is 6.42 Å². The molecule has 0 saturated carbocycles. The van der Waals surface area contributed by atoms with Crippen LogP contribution in [0, 0.1) is 12.7 Å². The molecule has 2 rings (SSSR count). The molecule has 0 bridgehead atoms. The van der Waals surface area contributed by atoms with Crippen molar-refractivity contribution in [2.24, 2.45) is 0 Å². The van der Waals surface area contributed by atoms with E-state index in [1.807, 2.05) is 11.3 Å². The van der Waals surface area contributed by atoms with Gasteiger partial charge in [0, 0.05) is 27.9 Å². The summed E-state index contributed by atoms with van der Waals surface area (Å²) in [5.74, 6) is -0.323. The van der Waals surface area contributed by atoms with E-state index < -0.39 is 0 Å². The smallest absolute Gasteiger partial charge is 0.146 e. The molecule has 0 aliphatic carbocycles. The maximum absolute atomic E-state index is 13.7. The molecule has 2 aromatic rings. The lowest BCUT2D eigenvalue weighted by atomic mass is 10.1. The van der Waals surface area contributed by atoms with Crippen molar-refractivity contribution in [3.05, 3.63) is 56.5 Å². The highest BCUT2D eigenvalue weighted by molar-refractivity contribution is 7.11. The maximum Gasteiger partial charge on any atom is 0.146 e. The van der Waals surface area contributed by atoms with E-state index in [-0.39, 0.29) is 10.8 Å². The summed E-state index contributed by atoms with van der Waals surface area (Å²) in [5.41, 5.74) is 0.613. The van der Waals surface area contributed by atoms with Gasteiger partial charge < -0.3 is 5.32 Å². The molecule has 1 aromatic heterocycles. The Morgan fingerprint density at radius 1 is 1.32 bits per heavy atom. The molecule has 102 valence electrons. The van der Waals surface area contributed by atoms with Crippen LogP contribution >= 0.6 is 22.9 Å².